The molecule has 6 heteroatoms. The molecule has 0 N–H and O–H groups in total. The van der Waals surface area contributed by atoms with E-state index in [1.807, 2.05) is 42.2 Å². The number of nitrogens with zero attached hydrogens (tertiary/aromatic N) is 3. The first-order valence-electron chi connectivity index (χ1n) is 10.7. The fourth-order valence-electron chi connectivity index (χ4n) is 4.57. The number of hydrogen-bond donors (Lipinski definition) is 0. The highest BCUT2D eigenvalue weighted by molar-refractivity contribution is 5.94. The Labute approximate surface area is 178 Å². The van der Waals surface area contributed by atoms with E-state index in [-0.39, 0.29) is 11.7 Å². The van der Waals surface area contributed by atoms with Gasteiger partial charge in [0.1, 0.15) is 11.6 Å². The summed E-state index contributed by atoms with van der Waals surface area (Å²) in [6, 6.07) is 12.8. The molecule has 2 heterocycles. The monoisotopic (exact) mass is 411 g/mol. The molecule has 0 aliphatic carbocycles. The van der Waals surface area contributed by atoms with E-state index >= 15 is 0 Å². The Bertz CT molecular complexity index is 879. The Hall–Kier alpha value is -2.60. The van der Waals surface area contributed by atoms with E-state index in [1.165, 1.54) is 12.1 Å². The highest BCUT2D eigenvalue weighted by atomic mass is 19.1. The maximum Gasteiger partial charge on any atom is 0.254 e. The molecular weight excluding hydrogens is 381 g/mol. The van der Waals surface area contributed by atoms with Crippen LogP contribution in [0.1, 0.15) is 28.8 Å². The van der Waals surface area contributed by atoms with Gasteiger partial charge in [-0.15, -0.1) is 0 Å². The molecule has 160 valence electrons. The van der Waals surface area contributed by atoms with Crippen molar-refractivity contribution in [3.8, 4) is 5.75 Å². The van der Waals surface area contributed by atoms with Gasteiger partial charge >= 0.3 is 0 Å². The van der Waals surface area contributed by atoms with Crippen LogP contribution in [-0.2, 0) is 0 Å². The number of amides is 1. The maximum absolute atomic E-state index is 13.2. The van der Waals surface area contributed by atoms with Crippen LogP contribution in [-0.4, -0.2) is 68.1 Å². The number of anilines is 1. The Morgan fingerprint density at radius 2 is 1.77 bits per heavy atom. The molecule has 2 aliphatic rings. The number of ether oxygens (including phenoxy) is 1. The van der Waals surface area contributed by atoms with Crippen molar-refractivity contribution < 1.29 is 13.9 Å². The Morgan fingerprint density at radius 1 is 1.03 bits per heavy atom. The lowest BCUT2D eigenvalue weighted by molar-refractivity contribution is 0.0563. The molecule has 0 spiro atoms. The molecule has 1 unspecified atom stereocenters. The third-order valence-electron chi connectivity index (χ3n) is 6.36. The maximum atomic E-state index is 13.2. The number of piperazine rings is 1. The fourth-order valence-corrected chi connectivity index (χ4v) is 4.57. The van der Waals surface area contributed by atoms with Crippen LogP contribution in [0.3, 0.4) is 0 Å². The fraction of sp³-hybridized carbons (Fsp3) is 0.458. The summed E-state index contributed by atoms with van der Waals surface area (Å²) in [7, 11) is 1.64. The first-order chi connectivity index (χ1) is 14.5. The van der Waals surface area contributed by atoms with Crippen LogP contribution in [0.25, 0.3) is 0 Å². The number of benzene rings is 2. The summed E-state index contributed by atoms with van der Waals surface area (Å²) in [4.78, 5) is 19.9. The summed E-state index contributed by atoms with van der Waals surface area (Å²) in [5, 5.41) is 0. The van der Waals surface area contributed by atoms with E-state index in [0.717, 1.165) is 69.1 Å². The number of rotatable bonds is 4. The predicted molar refractivity (Wildman–Crippen MR) is 117 cm³/mol. The molecule has 0 bridgehead atoms. The molecule has 0 saturated carbocycles. The molecule has 2 aromatic carbocycles. The van der Waals surface area contributed by atoms with Gasteiger partial charge < -0.3 is 14.5 Å². The molecule has 4 rings (SSSR count). The topological polar surface area (TPSA) is 36.0 Å². The number of aryl methyl sites for hydroxylation is 1. The lowest BCUT2D eigenvalue weighted by atomic mass is 10.0. The number of halogens is 1. The number of carbonyl (C=O) groups excluding carboxylic acids is 1. The lowest BCUT2D eigenvalue weighted by Gasteiger charge is -2.44. The number of carbonyl (C=O) groups is 1. The van der Waals surface area contributed by atoms with E-state index < -0.39 is 0 Å². The second kappa shape index (κ2) is 9.04. The third kappa shape index (κ3) is 4.43. The van der Waals surface area contributed by atoms with E-state index in [1.54, 1.807) is 7.11 Å². The third-order valence-corrected chi connectivity index (χ3v) is 6.36. The van der Waals surface area contributed by atoms with Crippen molar-refractivity contribution in [3.63, 3.8) is 0 Å². The van der Waals surface area contributed by atoms with Crippen molar-refractivity contribution in [2.75, 3.05) is 51.3 Å². The molecular formula is C24H30FN3O2. The second-order valence-electron chi connectivity index (χ2n) is 8.23. The highest BCUT2D eigenvalue weighted by Crippen LogP contribution is 2.24. The smallest absolute Gasteiger partial charge is 0.254 e. The van der Waals surface area contributed by atoms with Gasteiger partial charge in [0.2, 0.25) is 0 Å². The Balaban J connectivity index is 1.36. The second-order valence-corrected chi connectivity index (χ2v) is 8.23. The largest absolute Gasteiger partial charge is 0.496 e. The van der Waals surface area contributed by atoms with E-state index in [0.29, 0.717) is 11.6 Å². The van der Waals surface area contributed by atoms with Crippen molar-refractivity contribution in [2.24, 2.45) is 0 Å². The van der Waals surface area contributed by atoms with Crippen molar-refractivity contribution in [1.29, 1.82) is 0 Å². The molecule has 2 aliphatic heterocycles. The molecule has 0 aromatic heterocycles. The molecule has 30 heavy (non-hydrogen) atoms. The van der Waals surface area contributed by atoms with E-state index in [2.05, 4.69) is 9.80 Å². The number of hydrogen-bond acceptors (Lipinski definition) is 4. The van der Waals surface area contributed by atoms with Crippen molar-refractivity contribution in [2.45, 2.75) is 25.8 Å². The van der Waals surface area contributed by atoms with Gasteiger partial charge in [-0.25, -0.2) is 4.39 Å². The number of methoxy groups -OCH3 is 1. The highest BCUT2D eigenvalue weighted by Gasteiger charge is 2.30. The van der Waals surface area contributed by atoms with Crippen LogP contribution in [0.4, 0.5) is 10.1 Å². The van der Waals surface area contributed by atoms with Gasteiger partial charge in [-0.2, -0.15) is 0 Å². The summed E-state index contributed by atoms with van der Waals surface area (Å²) >= 11 is 0. The van der Waals surface area contributed by atoms with Gasteiger partial charge in [-0.3, -0.25) is 9.69 Å². The summed E-state index contributed by atoms with van der Waals surface area (Å²) in [5.41, 5.74) is 2.80. The van der Waals surface area contributed by atoms with Crippen molar-refractivity contribution in [3.05, 3.63) is 59.4 Å². The van der Waals surface area contributed by atoms with E-state index in [4.69, 9.17) is 4.74 Å². The van der Waals surface area contributed by atoms with Gasteiger partial charge in [-0.05, 0) is 61.7 Å². The lowest BCUT2D eigenvalue weighted by Crippen LogP contribution is -2.55. The zero-order valence-electron chi connectivity index (χ0n) is 17.8. The van der Waals surface area contributed by atoms with Crippen LogP contribution in [0.2, 0.25) is 0 Å². The van der Waals surface area contributed by atoms with Crippen LogP contribution < -0.4 is 9.64 Å². The Morgan fingerprint density at radius 3 is 2.47 bits per heavy atom. The standard InChI is InChI=1S/C24H30FN3O2/c1-18-5-6-19(16-23(18)30-2)24(29)28-11-3-4-22(17-28)27-14-12-26(13-15-27)21-9-7-20(25)8-10-21/h5-10,16,22H,3-4,11-15,17H2,1-2H3. The average Bonchev–Trinajstić information content (AvgIpc) is 2.80. The summed E-state index contributed by atoms with van der Waals surface area (Å²) < 4.78 is 18.6. The van der Waals surface area contributed by atoms with Gasteiger partial charge in [0.15, 0.2) is 0 Å². The van der Waals surface area contributed by atoms with Gasteiger partial charge in [-0.1, -0.05) is 6.07 Å². The molecule has 1 amide bonds. The minimum absolute atomic E-state index is 0.0861. The molecule has 2 fully saturated rings. The van der Waals surface area contributed by atoms with Crippen molar-refractivity contribution >= 4 is 11.6 Å². The minimum atomic E-state index is -0.199. The zero-order chi connectivity index (χ0) is 21.1. The van der Waals surface area contributed by atoms with Crippen LogP contribution >= 0.6 is 0 Å². The predicted octanol–water partition coefficient (Wildman–Crippen LogP) is 3.57. The minimum Gasteiger partial charge on any atom is -0.496 e. The first kappa shape index (κ1) is 20.7. The molecule has 1 atom stereocenters. The Kier molecular flexibility index (Phi) is 6.23. The first-order valence-corrected chi connectivity index (χ1v) is 10.7. The van der Waals surface area contributed by atoms with Gasteiger partial charge in [0.25, 0.3) is 5.91 Å². The number of piperidine rings is 1. The summed E-state index contributed by atoms with van der Waals surface area (Å²) in [6.45, 7) is 7.32. The molecule has 0 radical (unpaired) electrons. The quantitative estimate of drug-likeness (QED) is 0.771. The van der Waals surface area contributed by atoms with Crippen LogP contribution in [0.15, 0.2) is 42.5 Å². The van der Waals surface area contributed by atoms with Gasteiger partial charge in [0, 0.05) is 56.6 Å². The van der Waals surface area contributed by atoms with Crippen molar-refractivity contribution in [1.82, 2.24) is 9.80 Å². The average molecular weight is 412 g/mol. The zero-order valence-corrected chi connectivity index (χ0v) is 17.8. The molecule has 2 saturated heterocycles. The van der Waals surface area contributed by atoms with E-state index in [9.17, 15) is 9.18 Å². The normalized spacial score (nSPS) is 20.3. The number of likely N-dealkylation sites (tertiary alicyclic amines) is 1. The van der Waals surface area contributed by atoms with Crippen LogP contribution in [0, 0.1) is 12.7 Å². The summed E-state index contributed by atoms with van der Waals surface area (Å²) in [6.07, 6.45) is 2.15. The molecule has 5 nitrogen and oxygen atoms in total. The SMILES string of the molecule is COc1cc(C(=O)N2CCCC(N3CCN(c4ccc(F)cc4)CC3)C2)ccc1C. The van der Waals surface area contributed by atoms with Gasteiger partial charge in [0.05, 0.1) is 7.11 Å². The molecule has 2 aromatic rings. The summed E-state index contributed by atoms with van der Waals surface area (Å²) in [5.74, 6) is 0.643. The van der Waals surface area contributed by atoms with Crippen LogP contribution in [0.5, 0.6) is 5.75 Å².